The van der Waals surface area contributed by atoms with E-state index in [-0.39, 0.29) is 12.1 Å². The molecule has 0 bridgehead atoms. The van der Waals surface area contributed by atoms with E-state index < -0.39 is 0 Å². The predicted octanol–water partition coefficient (Wildman–Crippen LogP) is 4.80. The van der Waals surface area contributed by atoms with Crippen LogP contribution in [0.1, 0.15) is 37.2 Å². The van der Waals surface area contributed by atoms with Crippen molar-refractivity contribution in [1.82, 2.24) is 9.78 Å². The first kappa shape index (κ1) is 15.2. The largest absolute Gasteiger partial charge is 0.319 e. The Morgan fingerprint density at radius 2 is 1.84 bits per heavy atom. The highest BCUT2D eigenvalue weighted by Crippen LogP contribution is 2.33. The second kappa shape index (κ2) is 6.08. The van der Waals surface area contributed by atoms with E-state index in [9.17, 15) is 0 Å². The third-order valence-electron chi connectivity index (χ3n) is 2.86. The highest BCUT2D eigenvalue weighted by Gasteiger charge is 2.21. The molecule has 2 aromatic rings. The quantitative estimate of drug-likeness (QED) is 0.728. The summed E-state index contributed by atoms with van der Waals surface area (Å²) in [5.41, 5.74) is 8.43. The molecule has 3 nitrogen and oxygen atoms in total. The average Bonchev–Trinajstić information content (AvgIpc) is 2.73. The smallest absolute Gasteiger partial charge is 0.0746 e. The van der Waals surface area contributed by atoms with Crippen molar-refractivity contribution < 1.29 is 0 Å². The maximum atomic E-state index is 6.43. The number of nitrogens with zero attached hydrogens (tertiary/aromatic N) is 2. The zero-order valence-electron chi connectivity index (χ0n) is 10.6. The van der Waals surface area contributed by atoms with Gasteiger partial charge in [-0.15, -0.1) is 0 Å². The Morgan fingerprint density at radius 3 is 2.47 bits per heavy atom. The van der Waals surface area contributed by atoms with E-state index in [1.165, 1.54) is 0 Å². The maximum Gasteiger partial charge on any atom is 0.0746 e. The molecule has 1 atom stereocenters. The first-order chi connectivity index (χ1) is 8.91. The molecule has 0 amide bonds. The van der Waals surface area contributed by atoms with Gasteiger partial charge in [-0.05, 0) is 53.5 Å². The maximum absolute atomic E-state index is 6.43. The lowest BCUT2D eigenvalue weighted by molar-refractivity contribution is 0.498. The SMILES string of the molecule is CC(C)n1ncc(Br)c1C(N)c1cc(Br)ccc1Br. The molecule has 0 aliphatic rings. The lowest BCUT2D eigenvalue weighted by atomic mass is 10.0. The lowest BCUT2D eigenvalue weighted by Crippen LogP contribution is -2.19. The van der Waals surface area contributed by atoms with Gasteiger partial charge in [0.15, 0.2) is 0 Å². The highest BCUT2D eigenvalue weighted by atomic mass is 79.9. The number of aromatic nitrogens is 2. The van der Waals surface area contributed by atoms with Crippen LogP contribution < -0.4 is 5.73 Å². The van der Waals surface area contributed by atoms with Crippen molar-refractivity contribution in [3.63, 3.8) is 0 Å². The molecule has 102 valence electrons. The fourth-order valence-electron chi connectivity index (χ4n) is 1.95. The van der Waals surface area contributed by atoms with Gasteiger partial charge in [0.05, 0.1) is 22.4 Å². The van der Waals surface area contributed by atoms with Crippen LogP contribution in [0.4, 0.5) is 0 Å². The molecule has 0 radical (unpaired) electrons. The number of nitrogens with two attached hydrogens (primary N) is 1. The Bertz CT molecular complexity index is 593. The van der Waals surface area contributed by atoms with E-state index in [1.807, 2.05) is 22.9 Å². The molecule has 0 aliphatic carbocycles. The second-order valence-corrected chi connectivity index (χ2v) is 7.18. The van der Waals surface area contributed by atoms with Crippen LogP contribution in [0.3, 0.4) is 0 Å². The van der Waals surface area contributed by atoms with Crippen molar-refractivity contribution in [1.29, 1.82) is 0 Å². The Labute approximate surface area is 137 Å². The minimum Gasteiger partial charge on any atom is -0.319 e. The monoisotopic (exact) mass is 449 g/mol. The van der Waals surface area contributed by atoms with Gasteiger partial charge in [-0.3, -0.25) is 4.68 Å². The zero-order valence-corrected chi connectivity index (χ0v) is 15.3. The Morgan fingerprint density at radius 1 is 1.16 bits per heavy atom. The molecule has 0 aliphatic heterocycles. The predicted molar refractivity (Wildman–Crippen MR) is 88.2 cm³/mol. The second-order valence-electron chi connectivity index (χ2n) is 4.56. The molecule has 0 fully saturated rings. The van der Waals surface area contributed by atoms with E-state index in [0.717, 1.165) is 24.7 Å². The molecule has 0 saturated carbocycles. The minimum absolute atomic E-state index is 0.244. The van der Waals surface area contributed by atoms with Crippen LogP contribution in [0.15, 0.2) is 37.8 Å². The van der Waals surface area contributed by atoms with Crippen molar-refractivity contribution in [2.45, 2.75) is 25.9 Å². The Balaban J connectivity index is 2.52. The molecule has 6 heteroatoms. The van der Waals surface area contributed by atoms with E-state index in [1.54, 1.807) is 6.20 Å². The van der Waals surface area contributed by atoms with Crippen molar-refractivity contribution >= 4 is 47.8 Å². The summed E-state index contributed by atoms with van der Waals surface area (Å²) in [6, 6.07) is 6.02. The van der Waals surface area contributed by atoms with Crippen LogP contribution in [0.5, 0.6) is 0 Å². The minimum atomic E-state index is -0.244. The van der Waals surface area contributed by atoms with Gasteiger partial charge in [0, 0.05) is 15.0 Å². The fourth-order valence-corrected chi connectivity index (χ4v) is 3.35. The molecule has 2 rings (SSSR count). The van der Waals surface area contributed by atoms with Crippen molar-refractivity contribution in [3.8, 4) is 0 Å². The number of hydrogen-bond acceptors (Lipinski definition) is 2. The lowest BCUT2D eigenvalue weighted by Gasteiger charge is -2.19. The fraction of sp³-hybridized carbons (Fsp3) is 0.308. The highest BCUT2D eigenvalue weighted by molar-refractivity contribution is 9.11. The van der Waals surface area contributed by atoms with Crippen LogP contribution >= 0.6 is 47.8 Å². The summed E-state index contributed by atoms with van der Waals surface area (Å²) in [5, 5.41) is 4.38. The van der Waals surface area contributed by atoms with Gasteiger partial charge in [0.25, 0.3) is 0 Å². The van der Waals surface area contributed by atoms with E-state index in [0.29, 0.717) is 0 Å². The van der Waals surface area contributed by atoms with Crippen LogP contribution in [0, 0.1) is 0 Å². The summed E-state index contributed by atoms with van der Waals surface area (Å²) in [7, 11) is 0. The zero-order chi connectivity index (χ0) is 14.2. The normalized spacial score (nSPS) is 13.0. The number of rotatable bonds is 3. The van der Waals surface area contributed by atoms with E-state index in [4.69, 9.17) is 5.73 Å². The Kier molecular flexibility index (Phi) is 4.87. The van der Waals surface area contributed by atoms with Crippen molar-refractivity contribution in [2.75, 3.05) is 0 Å². The molecule has 2 N–H and O–H groups in total. The van der Waals surface area contributed by atoms with Gasteiger partial charge in [0.2, 0.25) is 0 Å². The van der Waals surface area contributed by atoms with Crippen LogP contribution in [0.2, 0.25) is 0 Å². The molecule has 1 unspecified atom stereocenters. The molecule has 19 heavy (non-hydrogen) atoms. The van der Waals surface area contributed by atoms with Gasteiger partial charge in [-0.1, -0.05) is 31.9 Å². The first-order valence-electron chi connectivity index (χ1n) is 5.85. The molecule has 0 saturated heterocycles. The average molecular weight is 452 g/mol. The third-order valence-corrected chi connectivity index (χ3v) is 4.69. The van der Waals surface area contributed by atoms with Crippen LogP contribution in [-0.2, 0) is 0 Å². The number of halogens is 3. The van der Waals surface area contributed by atoms with E-state index in [2.05, 4.69) is 66.7 Å². The molecule has 1 aromatic carbocycles. The van der Waals surface area contributed by atoms with E-state index >= 15 is 0 Å². The molecule has 0 spiro atoms. The number of benzene rings is 1. The van der Waals surface area contributed by atoms with Crippen molar-refractivity contribution in [3.05, 3.63) is 49.1 Å². The molecular weight excluding hydrogens is 438 g/mol. The summed E-state index contributed by atoms with van der Waals surface area (Å²) >= 11 is 10.6. The topological polar surface area (TPSA) is 43.8 Å². The summed E-state index contributed by atoms with van der Waals surface area (Å²) in [6.45, 7) is 4.18. The third kappa shape index (κ3) is 3.12. The van der Waals surface area contributed by atoms with Crippen molar-refractivity contribution in [2.24, 2.45) is 5.73 Å². The summed E-state index contributed by atoms with van der Waals surface area (Å²) < 4.78 is 4.88. The van der Waals surface area contributed by atoms with Gasteiger partial charge in [-0.2, -0.15) is 5.10 Å². The summed E-state index contributed by atoms with van der Waals surface area (Å²) in [4.78, 5) is 0. The first-order valence-corrected chi connectivity index (χ1v) is 8.23. The van der Waals surface area contributed by atoms with Gasteiger partial charge in [-0.25, -0.2) is 0 Å². The molecule has 1 heterocycles. The summed E-state index contributed by atoms with van der Waals surface area (Å²) in [5.74, 6) is 0. The molecular formula is C13H14Br3N3. The van der Waals surface area contributed by atoms with Gasteiger partial charge >= 0.3 is 0 Å². The van der Waals surface area contributed by atoms with Crippen LogP contribution in [0.25, 0.3) is 0 Å². The van der Waals surface area contributed by atoms with Crippen LogP contribution in [-0.4, -0.2) is 9.78 Å². The van der Waals surface area contributed by atoms with Gasteiger partial charge in [0.1, 0.15) is 0 Å². The summed E-state index contributed by atoms with van der Waals surface area (Å²) in [6.07, 6.45) is 1.79. The standard InChI is InChI=1S/C13H14Br3N3/c1-7(2)19-13(11(16)6-18-19)12(17)9-5-8(14)3-4-10(9)15/h3-7,12H,17H2,1-2H3. The Hall–Kier alpha value is -0.170. The number of hydrogen-bond donors (Lipinski definition) is 1. The molecule has 1 aromatic heterocycles. The van der Waals surface area contributed by atoms with Gasteiger partial charge < -0.3 is 5.73 Å².